The van der Waals surface area contributed by atoms with Gasteiger partial charge in [-0.25, -0.2) is 10.2 Å². The predicted octanol–water partition coefficient (Wildman–Crippen LogP) is 0.363. The number of carbonyl (C=O) groups excluding carboxylic acids is 1. The van der Waals surface area contributed by atoms with Gasteiger partial charge in [0.25, 0.3) is 0 Å². The van der Waals surface area contributed by atoms with E-state index in [-0.39, 0.29) is 11.1 Å². The van der Waals surface area contributed by atoms with Crippen LogP contribution in [0.25, 0.3) is 0 Å². The van der Waals surface area contributed by atoms with Crippen LogP contribution >= 0.6 is 0 Å². The van der Waals surface area contributed by atoms with Gasteiger partial charge < -0.3 is 9.57 Å². The molecule has 0 aliphatic carbocycles. The van der Waals surface area contributed by atoms with Gasteiger partial charge in [-0.05, 0) is 18.2 Å². The summed E-state index contributed by atoms with van der Waals surface area (Å²) in [5.41, 5.74) is 5.36. The van der Waals surface area contributed by atoms with Crippen molar-refractivity contribution in [3.63, 3.8) is 0 Å². The first-order chi connectivity index (χ1) is 7.72. The summed E-state index contributed by atoms with van der Waals surface area (Å²) in [6, 6.07) is 6.38. The SMILES string of the molecule is CNNOc1ccc(C#N)c(C(=O)OC)c1. The number of hydrogen-bond acceptors (Lipinski definition) is 6. The standard InChI is InChI=1S/C10H11N3O3/c1-12-13-16-8-4-3-7(6-11)9(5-8)10(14)15-2/h3-5,12-13H,1-2H3. The van der Waals surface area contributed by atoms with Gasteiger partial charge in [-0.15, -0.1) is 0 Å². The molecule has 0 atom stereocenters. The molecular weight excluding hydrogens is 210 g/mol. The van der Waals surface area contributed by atoms with Gasteiger partial charge in [0.2, 0.25) is 0 Å². The van der Waals surface area contributed by atoms with E-state index < -0.39 is 5.97 Å². The average Bonchev–Trinajstić information content (AvgIpc) is 2.35. The number of benzene rings is 1. The van der Waals surface area contributed by atoms with Crippen molar-refractivity contribution in [1.82, 2.24) is 11.0 Å². The van der Waals surface area contributed by atoms with Gasteiger partial charge in [-0.1, -0.05) is 5.59 Å². The second-order valence-corrected chi connectivity index (χ2v) is 2.76. The number of rotatable bonds is 4. The fourth-order valence-corrected chi connectivity index (χ4v) is 1.07. The van der Waals surface area contributed by atoms with Gasteiger partial charge in [0.05, 0.1) is 18.2 Å². The van der Waals surface area contributed by atoms with Crippen LogP contribution in [0.1, 0.15) is 15.9 Å². The van der Waals surface area contributed by atoms with Gasteiger partial charge >= 0.3 is 5.97 Å². The molecule has 1 aromatic rings. The van der Waals surface area contributed by atoms with Crippen LogP contribution in [0.5, 0.6) is 5.75 Å². The predicted molar refractivity (Wildman–Crippen MR) is 55.3 cm³/mol. The third-order valence-electron chi connectivity index (χ3n) is 1.79. The molecule has 0 heterocycles. The third-order valence-corrected chi connectivity index (χ3v) is 1.79. The van der Waals surface area contributed by atoms with Crippen molar-refractivity contribution in [2.75, 3.05) is 14.2 Å². The molecule has 0 saturated heterocycles. The molecule has 0 aliphatic rings. The van der Waals surface area contributed by atoms with E-state index >= 15 is 0 Å². The Morgan fingerprint density at radius 3 is 2.81 bits per heavy atom. The summed E-state index contributed by atoms with van der Waals surface area (Å²) in [7, 11) is 2.88. The largest absolute Gasteiger partial charge is 0.465 e. The Kier molecular flexibility index (Phi) is 4.27. The van der Waals surface area contributed by atoms with Crippen molar-refractivity contribution < 1.29 is 14.4 Å². The zero-order valence-electron chi connectivity index (χ0n) is 8.90. The summed E-state index contributed by atoms with van der Waals surface area (Å²) in [6.07, 6.45) is 0. The van der Waals surface area contributed by atoms with Gasteiger partial charge in [0.15, 0.2) is 0 Å². The Hall–Kier alpha value is -2.10. The van der Waals surface area contributed by atoms with Gasteiger partial charge in [-0.2, -0.15) is 5.26 Å². The Labute approximate surface area is 92.7 Å². The number of ether oxygens (including phenoxy) is 1. The highest BCUT2D eigenvalue weighted by atomic mass is 16.7. The summed E-state index contributed by atoms with van der Waals surface area (Å²) in [5.74, 6) is -0.180. The van der Waals surface area contributed by atoms with Crippen LogP contribution in [0, 0.1) is 11.3 Å². The lowest BCUT2D eigenvalue weighted by atomic mass is 10.1. The maximum Gasteiger partial charge on any atom is 0.339 e. The number of hydrazine groups is 1. The van der Waals surface area contributed by atoms with E-state index in [0.29, 0.717) is 5.75 Å². The van der Waals surface area contributed by atoms with Crippen LogP contribution in [0.15, 0.2) is 18.2 Å². The number of methoxy groups -OCH3 is 1. The van der Waals surface area contributed by atoms with E-state index in [9.17, 15) is 4.79 Å². The van der Waals surface area contributed by atoms with Crippen molar-refractivity contribution in [2.24, 2.45) is 0 Å². The molecule has 6 heteroatoms. The smallest absolute Gasteiger partial charge is 0.339 e. The van der Waals surface area contributed by atoms with Gasteiger partial charge in [0.1, 0.15) is 11.8 Å². The molecule has 0 bridgehead atoms. The molecule has 0 fully saturated rings. The highest BCUT2D eigenvalue weighted by Gasteiger charge is 2.13. The Balaban J connectivity index is 3.02. The number of carbonyl (C=O) groups is 1. The van der Waals surface area contributed by atoms with Crippen LogP contribution in [0.2, 0.25) is 0 Å². The summed E-state index contributed by atoms with van der Waals surface area (Å²) < 4.78 is 4.56. The van der Waals surface area contributed by atoms with Crippen LogP contribution < -0.4 is 15.9 Å². The van der Waals surface area contributed by atoms with Crippen LogP contribution in [-0.2, 0) is 4.74 Å². The zero-order valence-corrected chi connectivity index (χ0v) is 8.90. The molecule has 0 aliphatic heterocycles. The first-order valence-electron chi connectivity index (χ1n) is 4.44. The van der Waals surface area contributed by atoms with E-state index in [1.807, 2.05) is 6.07 Å². The monoisotopic (exact) mass is 221 g/mol. The number of nitrogens with zero attached hydrogens (tertiary/aromatic N) is 1. The van der Waals surface area contributed by atoms with Crippen molar-refractivity contribution >= 4 is 5.97 Å². The molecular formula is C10H11N3O3. The number of nitriles is 1. The minimum Gasteiger partial charge on any atom is -0.465 e. The van der Waals surface area contributed by atoms with E-state index in [2.05, 4.69) is 15.8 Å². The Morgan fingerprint density at radius 1 is 1.50 bits per heavy atom. The quantitative estimate of drug-likeness (QED) is 0.564. The van der Waals surface area contributed by atoms with Crippen LogP contribution in [0.4, 0.5) is 0 Å². The molecule has 84 valence electrons. The number of hydrogen-bond donors (Lipinski definition) is 2. The van der Waals surface area contributed by atoms with Crippen molar-refractivity contribution in [1.29, 1.82) is 5.26 Å². The van der Waals surface area contributed by atoms with E-state index in [1.54, 1.807) is 13.1 Å². The lowest BCUT2D eigenvalue weighted by Gasteiger charge is -2.07. The van der Waals surface area contributed by atoms with E-state index in [1.165, 1.54) is 19.2 Å². The highest BCUT2D eigenvalue weighted by Crippen LogP contribution is 2.17. The van der Waals surface area contributed by atoms with Crippen LogP contribution in [0.3, 0.4) is 0 Å². The number of nitrogens with one attached hydrogen (secondary N) is 2. The fraction of sp³-hybridized carbons (Fsp3) is 0.200. The molecule has 0 radical (unpaired) electrons. The first kappa shape index (κ1) is 12.0. The Morgan fingerprint density at radius 2 is 2.25 bits per heavy atom. The summed E-state index contributed by atoms with van der Waals surface area (Å²) >= 11 is 0. The molecule has 0 unspecified atom stereocenters. The molecule has 1 rings (SSSR count). The van der Waals surface area contributed by atoms with Crippen molar-refractivity contribution in [3.05, 3.63) is 29.3 Å². The minimum absolute atomic E-state index is 0.167. The topological polar surface area (TPSA) is 83.4 Å². The van der Waals surface area contributed by atoms with Crippen molar-refractivity contribution in [2.45, 2.75) is 0 Å². The maximum absolute atomic E-state index is 11.4. The van der Waals surface area contributed by atoms with E-state index in [4.69, 9.17) is 10.1 Å². The fourth-order valence-electron chi connectivity index (χ4n) is 1.07. The first-order valence-corrected chi connectivity index (χ1v) is 4.44. The normalized spacial score (nSPS) is 9.31. The molecule has 16 heavy (non-hydrogen) atoms. The molecule has 0 aromatic heterocycles. The summed E-state index contributed by atoms with van der Waals surface area (Å²) in [4.78, 5) is 16.4. The Bertz CT molecular complexity index is 426. The molecule has 0 saturated carbocycles. The maximum atomic E-state index is 11.4. The molecule has 6 nitrogen and oxygen atoms in total. The second kappa shape index (κ2) is 5.70. The zero-order chi connectivity index (χ0) is 12.0. The van der Waals surface area contributed by atoms with Crippen LogP contribution in [-0.4, -0.2) is 20.1 Å². The average molecular weight is 221 g/mol. The van der Waals surface area contributed by atoms with Gasteiger partial charge in [-0.3, -0.25) is 0 Å². The molecule has 0 spiro atoms. The highest BCUT2D eigenvalue weighted by molar-refractivity contribution is 5.92. The minimum atomic E-state index is -0.577. The van der Waals surface area contributed by atoms with Crippen molar-refractivity contribution in [3.8, 4) is 11.8 Å². The number of esters is 1. The molecule has 0 amide bonds. The summed E-state index contributed by atoms with van der Waals surface area (Å²) in [6.45, 7) is 0. The second-order valence-electron chi connectivity index (χ2n) is 2.76. The third kappa shape index (κ3) is 2.70. The molecule has 2 N–H and O–H groups in total. The lowest BCUT2D eigenvalue weighted by molar-refractivity contribution is 0.0599. The van der Waals surface area contributed by atoms with Gasteiger partial charge in [0, 0.05) is 7.05 Å². The summed E-state index contributed by atoms with van der Waals surface area (Å²) in [5, 5.41) is 8.80. The molecule has 1 aromatic carbocycles. The lowest BCUT2D eigenvalue weighted by Crippen LogP contribution is -2.30. The van der Waals surface area contributed by atoms with E-state index in [0.717, 1.165) is 0 Å².